The fraction of sp³-hybridized carbons (Fsp3) is 0.143. The average Bonchev–Trinajstić information content (AvgIpc) is 2.33. The largest absolute Gasteiger partial charge is 0.386 e. The Kier molecular flexibility index (Phi) is 1.06. The summed E-state index contributed by atoms with van der Waals surface area (Å²) >= 11 is 1.81. The van der Waals surface area contributed by atoms with Gasteiger partial charge in [-0.25, -0.2) is 0 Å². The van der Waals surface area contributed by atoms with Gasteiger partial charge < -0.3 is 5.32 Å². The standard InChI is InChI=1S/C7H7NS/c1-3-8-5-7-6(1)2-4-9-7/h1-4,8H,5H2. The summed E-state index contributed by atoms with van der Waals surface area (Å²) in [6.07, 6.45) is 4.10. The van der Waals surface area contributed by atoms with E-state index in [4.69, 9.17) is 0 Å². The fourth-order valence-electron chi connectivity index (χ4n) is 0.943. The van der Waals surface area contributed by atoms with E-state index in [0.29, 0.717) is 0 Å². The summed E-state index contributed by atoms with van der Waals surface area (Å²) in [5, 5.41) is 5.28. The second kappa shape index (κ2) is 1.88. The second-order valence-corrected chi connectivity index (χ2v) is 3.01. The minimum absolute atomic E-state index is 1.00. The summed E-state index contributed by atoms with van der Waals surface area (Å²) < 4.78 is 0. The molecule has 0 aliphatic carbocycles. The molecule has 1 aliphatic heterocycles. The van der Waals surface area contributed by atoms with Crippen molar-refractivity contribution in [2.75, 3.05) is 0 Å². The quantitative estimate of drug-likeness (QED) is 0.575. The minimum Gasteiger partial charge on any atom is -0.386 e. The van der Waals surface area contributed by atoms with Gasteiger partial charge in [0.05, 0.1) is 0 Å². The summed E-state index contributed by atoms with van der Waals surface area (Å²) in [5.41, 5.74) is 1.37. The molecule has 1 aliphatic rings. The van der Waals surface area contributed by atoms with Gasteiger partial charge >= 0.3 is 0 Å². The number of thiophene rings is 1. The van der Waals surface area contributed by atoms with Crippen LogP contribution in [0.4, 0.5) is 0 Å². The summed E-state index contributed by atoms with van der Waals surface area (Å²) in [7, 11) is 0. The molecule has 0 saturated carbocycles. The van der Waals surface area contributed by atoms with Crippen molar-refractivity contribution in [3.8, 4) is 0 Å². The molecule has 0 aromatic carbocycles. The van der Waals surface area contributed by atoms with Crippen LogP contribution in [-0.4, -0.2) is 0 Å². The van der Waals surface area contributed by atoms with E-state index in [-0.39, 0.29) is 0 Å². The maximum atomic E-state index is 3.16. The first-order chi connectivity index (χ1) is 4.47. The van der Waals surface area contributed by atoms with Gasteiger partial charge in [0, 0.05) is 11.4 Å². The maximum absolute atomic E-state index is 3.16. The molecule has 0 saturated heterocycles. The van der Waals surface area contributed by atoms with E-state index in [9.17, 15) is 0 Å². The van der Waals surface area contributed by atoms with Gasteiger partial charge in [-0.3, -0.25) is 0 Å². The van der Waals surface area contributed by atoms with Crippen LogP contribution in [0.15, 0.2) is 17.6 Å². The number of nitrogens with one attached hydrogen (secondary N) is 1. The van der Waals surface area contributed by atoms with Crippen LogP contribution in [0.3, 0.4) is 0 Å². The molecule has 46 valence electrons. The van der Waals surface area contributed by atoms with E-state index in [1.54, 1.807) is 0 Å². The van der Waals surface area contributed by atoms with Gasteiger partial charge in [0.2, 0.25) is 0 Å². The molecule has 9 heavy (non-hydrogen) atoms. The first kappa shape index (κ1) is 5.06. The molecule has 0 bridgehead atoms. The SMILES string of the molecule is C1=Cc2ccsc2CN1. The van der Waals surface area contributed by atoms with Crippen molar-refractivity contribution in [2.45, 2.75) is 6.54 Å². The molecule has 1 aromatic heterocycles. The fourth-order valence-corrected chi connectivity index (χ4v) is 1.76. The van der Waals surface area contributed by atoms with Gasteiger partial charge in [-0.05, 0) is 29.3 Å². The molecular weight excluding hydrogens is 130 g/mol. The van der Waals surface area contributed by atoms with Crippen LogP contribution >= 0.6 is 11.3 Å². The van der Waals surface area contributed by atoms with E-state index >= 15 is 0 Å². The predicted molar refractivity (Wildman–Crippen MR) is 40.2 cm³/mol. The molecule has 1 N–H and O–H groups in total. The summed E-state index contributed by atoms with van der Waals surface area (Å²) in [6.45, 7) is 1.00. The topological polar surface area (TPSA) is 12.0 Å². The summed E-state index contributed by atoms with van der Waals surface area (Å²) in [6, 6.07) is 2.15. The van der Waals surface area contributed by atoms with Gasteiger partial charge in [-0.15, -0.1) is 11.3 Å². The highest BCUT2D eigenvalue weighted by atomic mass is 32.1. The van der Waals surface area contributed by atoms with Crippen molar-refractivity contribution >= 4 is 17.4 Å². The Hall–Kier alpha value is -0.760. The molecule has 0 amide bonds. The third-order valence-corrected chi connectivity index (χ3v) is 2.36. The van der Waals surface area contributed by atoms with E-state index in [2.05, 4.69) is 22.8 Å². The summed E-state index contributed by atoms with van der Waals surface area (Å²) in [4.78, 5) is 1.44. The second-order valence-electron chi connectivity index (χ2n) is 2.01. The Labute approximate surface area is 58.0 Å². The van der Waals surface area contributed by atoms with Gasteiger partial charge in [0.1, 0.15) is 0 Å². The number of hydrogen-bond donors (Lipinski definition) is 1. The van der Waals surface area contributed by atoms with Crippen LogP contribution in [0, 0.1) is 0 Å². The zero-order valence-corrected chi connectivity index (χ0v) is 5.74. The molecule has 2 heteroatoms. The van der Waals surface area contributed by atoms with Crippen LogP contribution in [0.5, 0.6) is 0 Å². The first-order valence-electron chi connectivity index (χ1n) is 2.93. The highest BCUT2D eigenvalue weighted by molar-refractivity contribution is 7.10. The Bertz CT molecular complexity index is 237. The Morgan fingerprint density at radius 2 is 2.56 bits per heavy atom. The van der Waals surface area contributed by atoms with Crippen LogP contribution in [-0.2, 0) is 6.54 Å². The Balaban J connectivity index is 2.53. The smallest absolute Gasteiger partial charge is 0.0494 e. The van der Waals surface area contributed by atoms with Crippen molar-refractivity contribution in [1.29, 1.82) is 0 Å². The lowest BCUT2D eigenvalue weighted by molar-refractivity contribution is 0.877. The van der Waals surface area contributed by atoms with Crippen LogP contribution in [0.1, 0.15) is 10.4 Å². The van der Waals surface area contributed by atoms with Gasteiger partial charge in [0.15, 0.2) is 0 Å². The molecule has 1 aromatic rings. The molecule has 0 atom stereocenters. The minimum atomic E-state index is 1.00. The van der Waals surface area contributed by atoms with E-state index < -0.39 is 0 Å². The Morgan fingerprint density at radius 3 is 3.44 bits per heavy atom. The molecule has 1 nitrogen and oxygen atoms in total. The zero-order valence-electron chi connectivity index (χ0n) is 4.92. The lowest BCUT2D eigenvalue weighted by Gasteiger charge is -2.04. The van der Waals surface area contributed by atoms with Gasteiger partial charge in [0.25, 0.3) is 0 Å². The summed E-state index contributed by atoms with van der Waals surface area (Å²) in [5.74, 6) is 0. The third-order valence-electron chi connectivity index (χ3n) is 1.42. The maximum Gasteiger partial charge on any atom is 0.0494 e. The molecule has 2 rings (SSSR count). The zero-order chi connectivity index (χ0) is 6.10. The highest BCUT2D eigenvalue weighted by Gasteiger charge is 2.02. The highest BCUT2D eigenvalue weighted by Crippen LogP contribution is 2.19. The molecular formula is C7H7NS. The van der Waals surface area contributed by atoms with E-state index in [1.807, 2.05) is 17.5 Å². The van der Waals surface area contributed by atoms with Gasteiger partial charge in [-0.2, -0.15) is 0 Å². The number of hydrogen-bond acceptors (Lipinski definition) is 2. The van der Waals surface area contributed by atoms with E-state index in [1.165, 1.54) is 10.4 Å². The van der Waals surface area contributed by atoms with Crippen LogP contribution in [0.25, 0.3) is 6.08 Å². The van der Waals surface area contributed by atoms with Crippen molar-refractivity contribution in [3.63, 3.8) is 0 Å². The lowest BCUT2D eigenvalue weighted by atomic mass is 10.2. The molecule has 0 spiro atoms. The number of fused-ring (bicyclic) bond motifs is 1. The van der Waals surface area contributed by atoms with E-state index in [0.717, 1.165) is 6.54 Å². The van der Waals surface area contributed by atoms with Crippen molar-refractivity contribution in [3.05, 3.63) is 28.1 Å². The lowest BCUT2D eigenvalue weighted by Crippen LogP contribution is -2.06. The van der Waals surface area contributed by atoms with Crippen molar-refractivity contribution in [2.24, 2.45) is 0 Å². The third kappa shape index (κ3) is 0.754. The normalized spacial score (nSPS) is 14.7. The molecule has 0 unspecified atom stereocenters. The van der Waals surface area contributed by atoms with Crippen LogP contribution in [0.2, 0.25) is 0 Å². The molecule has 0 fully saturated rings. The Morgan fingerprint density at radius 1 is 1.56 bits per heavy atom. The van der Waals surface area contributed by atoms with Crippen LogP contribution < -0.4 is 5.32 Å². The van der Waals surface area contributed by atoms with Crippen molar-refractivity contribution < 1.29 is 0 Å². The number of rotatable bonds is 0. The predicted octanol–water partition coefficient (Wildman–Crippen LogP) is 1.82. The van der Waals surface area contributed by atoms with Crippen molar-refractivity contribution in [1.82, 2.24) is 5.32 Å². The first-order valence-corrected chi connectivity index (χ1v) is 3.81. The molecule has 0 radical (unpaired) electrons. The van der Waals surface area contributed by atoms with Gasteiger partial charge in [-0.1, -0.05) is 0 Å². The average molecular weight is 137 g/mol. The monoisotopic (exact) mass is 137 g/mol. The molecule has 2 heterocycles.